The van der Waals surface area contributed by atoms with Crippen molar-refractivity contribution in [3.05, 3.63) is 66.7 Å². The Kier molecular flexibility index (Phi) is 3.06. The van der Waals surface area contributed by atoms with Crippen molar-refractivity contribution in [2.75, 3.05) is 0 Å². The Morgan fingerprint density at radius 3 is 2.29 bits per heavy atom. The number of aromatic hydroxyl groups is 1. The standard InChI is InChI=1S/C15H12O2/c1-2-14(16)12-9-7-11(8-10-12)13-5-3-4-6-15(13)17/h2-10,17H,1H2. The van der Waals surface area contributed by atoms with Crippen LogP contribution in [0.5, 0.6) is 5.75 Å². The molecule has 2 rings (SSSR count). The second-order valence-electron chi connectivity index (χ2n) is 3.66. The molecule has 0 saturated carbocycles. The number of phenols is 1. The number of allylic oxidation sites excluding steroid dienone is 1. The van der Waals surface area contributed by atoms with Crippen LogP contribution in [0.2, 0.25) is 0 Å². The van der Waals surface area contributed by atoms with E-state index in [0.29, 0.717) is 5.56 Å². The lowest BCUT2D eigenvalue weighted by molar-refractivity contribution is 0.104. The highest BCUT2D eigenvalue weighted by Gasteiger charge is 2.04. The Labute approximate surface area is 99.8 Å². The Bertz CT molecular complexity index is 553. The monoisotopic (exact) mass is 224 g/mol. The van der Waals surface area contributed by atoms with E-state index >= 15 is 0 Å². The third-order valence-corrected chi connectivity index (χ3v) is 2.57. The quantitative estimate of drug-likeness (QED) is 0.640. The molecule has 0 spiro atoms. The van der Waals surface area contributed by atoms with E-state index in [1.807, 2.05) is 24.3 Å². The van der Waals surface area contributed by atoms with Gasteiger partial charge in [0, 0.05) is 11.1 Å². The van der Waals surface area contributed by atoms with Crippen molar-refractivity contribution in [1.29, 1.82) is 0 Å². The molecule has 0 amide bonds. The zero-order valence-corrected chi connectivity index (χ0v) is 9.26. The van der Waals surface area contributed by atoms with Crippen LogP contribution in [0.4, 0.5) is 0 Å². The van der Waals surface area contributed by atoms with Crippen molar-refractivity contribution in [3.8, 4) is 16.9 Å². The molecule has 0 unspecified atom stereocenters. The first-order chi connectivity index (χ1) is 8.22. The average molecular weight is 224 g/mol. The van der Waals surface area contributed by atoms with Crippen LogP contribution in [0.15, 0.2) is 61.2 Å². The van der Waals surface area contributed by atoms with Gasteiger partial charge in [0.05, 0.1) is 0 Å². The van der Waals surface area contributed by atoms with Crippen LogP contribution in [0.3, 0.4) is 0 Å². The van der Waals surface area contributed by atoms with Crippen molar-refractivity contribution in [1.82, 2.24) is 0 Å². The summed E-state index contributed by atoms with van der Waals surface area (Å²) in [4.78, 5) is 11.4. The summed E-state index contributed by atoms with van der Waals surface area (Å²) in [5, 5.41) is 9.71. The Morgan fingerprint density at radius 1 is 1.06 bits per heavy atom. The molecule has 2 heteroatoms. The maximum atomic E-state index is 11.4. The number of phenolic OH excluding ortho intramolecular Hbond substituents is 1. The van der Waals surface area contributed by atoms with E-state index < -0.39 is 0 Å². The first-order valence-corrected chi connectivity index (χ1v) is 5.27. The van der Waals surface area contributed by atoms with Crippen molar-refractivity contribution in [2.24, 2.45) is 0 Å². The number of ketones is 1. The molecule has 84 valence electrons. The van der Waals surface area contributed by atoms with Gasteiger partial charge in [0.2, 0.25) is 0 Å². The molecule has 0 radical (unpaired) electrons. The molecule has 2 aromatic rings. The molecule has 0 heterocycles. The van der Waals surface area contributed by atoms with E-state index in [1.165, 1.54) is 6.08 Å². The number of hydrogen-bond acceptors (Lipinski definition) is 2. The highest BCUT2D eigenvalue weighted by molar-refractivity contribution is 6.04. The molecule has 0 bridgehead atoms. The highest BCUT2D eigenvalue weighted by atomic mass is 16.3. The Hall–Kier alpha value is -2.35. The maximum Gasteiger partial charge on any atom is 0.185 e. The molecule has 0 fully saturated rings. The maximum absolute atomic E-state index is 11.4. The van der Waals surface area contributed by atoms with Gasteiger partial charge in [-0.3, -0.25) is 4.79 Å². The van der Waals surface area contributed by atoms with Crippen LogP contribution in [-0.2, 0) is 0 Å². The van der Waals surface area contributed by atoms with E-state index in [4.69, 9.17) is 0 Å². The molecule has 0 aliphatic heterocycles. The average Bonchev–Trinajstić information content (AvgIpc) is 2.39. The minimum absolute atomic E-state index is 0.103. The fourth-order valence-electron chi connectivity index (χ4n) is 1.65. The Morgan fingerprint density at radius 2 is 1.71 bits per heavy atom. The number of hydrogen-bond donors (Lipinski definition) is 1. The van der Waals surface area contributed by atoms with Gasteiger partial charge in [-0.1, -0.05) is 49.0 Å². The largest absolute Gasteiger partial charge is 0.507 e. The first-order valence-electron chi connectivity index (χ1n) is 5.27. The molecule has 0 saturated heterocycles. The minimum Gasteiger partial charge on any atom is -0.507 e. The van der Waals surface area contributed by atoms with Gasteiger partial charge in [0.15, 0.2) is 5.78 Å². The molecule has 2 aromatic carbocycles. The van der Waals surface area contributed by atoms with Crippen molar-refractivity contribution in [3.63, 3.8) is 0 Å². The van der Waals surface area contributed by atoms with Crippen LogP contribution in [0, 0.1) is 0 Å². The molecular weight excluding hydrogens is 212 g/mol. The number of rotatable bonds is 3. The number of benzene rings is 2. The van der Waals surface area contributed by atoms with E-state index in [9.17, 15) is 9.90 Å². The van der Waals surface area contributed by atoms with E-state index in [0.717, 1.165) is 11.1 Å². The predicted octanol–water partition coefficient (Wildman–Crippen LogP) is 3.43. The SMILES string of the molecule is C=CC(=O)c1ccc(-c2ccccc2O)cc1. The summed E-state index contributed by atoms with van der Waals surface area (Å²) in [6.07, 6.45) is 1.29. The van der Waals surface area contributed by atoms with Gasteiger partial charge >= 0.3 is 0 Å². The molecule has 0 atom stereocenters. The molecule has 0 aromatic heterocycles. The summed E-state index contributed by atoms with van der Waals surface area (Å²) in [5.74, 6) is 0.129. The molecule has 0 aliphatic carbocycles. The molecular formula is C15H12O2. The fourth-order valence-corrected chi connectivity index (χ4v) is 1.65. The molecule has 1 N–H and O–H groups in total. The normalized spacial score (nSPS) is 9.88. The molecule has 0 aliphatic rings. The zero-order chi connectivity index (χ0) is 12.3. The fraction of sp³-hybridized carbons (Fsp3) is 0. The lowest BCUT2D eigenvalue weighted by atomic mass is 10.0. The summed E-state index contributed by atoms with van der Waals surface area (Å²) < 4.78 is 0. The summed E-state index contributed by atoms with van der Waals surface area (Å²) in [7, 11) is 0. The van der Waals surface area contributed by atoms with Gasteiger partial charge in [-0.25, -0.2) is 0 Å². The van der Waals surface area contributed by atoms with Gasteiger partial charge in [-0.15, -0.1) is 0 Å². The van der Waals surface area contributed by atoms with Crippen molar-refractivity contribution in [2.45, 2.75) is 0 Å². The van der Waals surface area contributed by atoms with E-state index in [-0.39, 0.29) is 11.5 Å². The molecule has 2 nitrogen and oxygen atoms in total. The number of carbonyl (C=O) groups is 1. The van der Waals surface area contributed by atoms with Crippen LogP contribution in [0.25, 0.3) is 11.1 Å². The second kappa shape index (κ2) is 4.66. The third-order valence-electron chi connectivity index (χ3n) is 2.57. The van der Waals surface area contributed by atoms with Gasteiger partial charge < -0.3 is 5.11 Å². The summed E-state index contributed by atoms with van der Waals surface area (Å²) in [5.41, 5.74) is 2.23. The topological polar surface area (TPSA) is 37.3 Å². The smallest absolute Gasteiger partial charge is 0.185 e. The molecule has 17 heavy (non-hydrogen) atoms. The van der Waals surface area contributed by atoms with Gasteiger partial charge in [0.25, 0.3) is 0 Å². The predicted molar refractivity (Wildman–Crippen MR) is 68.1 cm³/mol. The van der Waals surface area contributed by atoms with E-state index in [1.54, 1.807) is 24.3 Å². The number of para-hydroxylation sites is 1. The summed E-state index contributed by atoms with van der Waals surface area (Å²) in [6.45, 7) is 3.44. The lowest BCUT2D eigenvalue weighted by Crippen LogP contribution is -1.92. The number of carbonyl (C=O) groups excluding carboxylic acids is 1. The van der Waals surface area contributed by atoms with Gasteiger partial charge in [-0.05, 0) is 17.7 Å². The first kappa shape index (κ1) is 11.1. The lowest BCUT2D eigenvalue weighted by Gasteiger charge is -2.04. The van der Waals surface area contributed by atoms with Crippen molar-refractivity contribution < 1.29 is 9.90 Å². The minimum atomic E-state index is -0.103. The highest BCUT2D eigenvalue weighted by Crippen LogP contribution is 2.28. The van der Waals surface area contributed by atoms with Crippen molar-refractivity contribution >= 4 is 5.78 Å². The van der Waals surface area contributed by atoms with Crippen LogP contribution >= 0.6 is 0 Å². The Balaban J connectivity index is 2.39. The van der Waals surface area contributed by atoms with Crippen LogP contribution in [0.1, 0.15) is 10.4 Å². The van der Waals surface area contributed by atoms with Crippen LogP contribution < -0.4 is 0 Å². The zero-order valence-electron chi connectivity index (χ0n) is 9.26. The second-order valence-corrected chi connectivity index (χ2v) is 3.66. The van der Waals surface area contributed by atoms with Crippen LogP contribution in [-0.4, -0.2) is 10.9 Å². The summed E-state index contributed by atoms with van der Waals surface area (Å²) in [6, 6.07) is 14.2. The van der Waals surface area contributed by atoms with Gasteiger partial charge in [0.1, 0.15) is 5.75 Å². The third kappa shape index (κ3) is 2.26. The summed E-state index contributed by atoms with van der Waals surface area (Å²) >= 11 is 0. The van der Waals surface area contributed by atoms with E-state index in [2.05, 4.69) is 6.58 Å². The van der Waals surface area contributed by atoms with Gasteiger partial charge in [-0.2, -0.15) is 0 Å².